The van der Waals surface area contributed by atoms with E-state index in [9.17, 15) is 4.39 Å². The molecule has 1 aromatic carbocycles. The first-order valence-corrected chi connectivity index (χ1v) is 12.2. The minimum absolute atomic E-state index is 0.0614. The molecule has 2 fully saturated rings. The van der Waals surface area contributed by atoms with E-state index in [2.05, 4.69) is 13.8 Å². The van der Waals surface area contributed by atoms with Crippen molar-refractivity contribution in [3.63, 3.8) is 0 Å². The lowest BCUT2D eigenvalue weighted by atomic mass is 9.78. The van der Waals surface area contributed by atoms with Crippen molar-refractivity contribution in [1.29, 1.82) is 0 Å². The van der Waals surface area contributed by atoms with Crippen LogP contribution in [-0.4, -0.2) is 19.0 Å². The molecule has 29 heavy (non-hydrogen) atoms. The van der Waals surface area contributed by atoms with Crippen molar-refractivity contribution in [1.82, 2.24) is 0 Å². The molecular weight excluding hydrogens is 387 g/mol. The third-order valence-electron chi connectivity index (χ3n) is 6.99. The van der Waals surface area contributed by atoms with Gasteiger partial charge in [0.2, 0.25) is 0 Å². The summed E-state index contributed by atoms with van der Waals surface area (Å²) in [6, 6.07) is 5.26. The number of rotatable bonds is 9. The number of hydrogen-bond donors (Lipinski definition) is 0. The molecule has 0 spiro atoms. The maximum atomic E-state index is 13.8. The number of ether oxygens (including phenoxy) is 2. The normalized spacial score (nSPS) is 30.4. The van der Waals surface area contributed by atoms with E-state index in [1.54, 1.807) is 12.1 Å². The second kappa shape index (κ2) is 11.7. The van der Waals surface area contributed by atoms with E-state index >= 15 is 0 Å². The van der Waals surface area contributed by atoms with Gasteiger partial charge >= 0.3 is 0 Å². The Bertz CT molecular complexity index is 615. The molecule has 2 aliphatic rings. The highest BCUT2D eigenvalue weighted by Crippen LogP contribution is 2.40. The van der Waals surface area contributed by atoms with Gasteiger partial charge in [0.25, 0.3) is 0 Å². The van der Waals surface area contributed by atoms with E-state index in [-0.39, 0.29) is 23.2 Å². The molecule has 1 aromatic rings. The quantitative estimate of drug-likeness (QED) is 0.375. The molecule has 1 heterocycles. The molecule has 0 amide bonds. The Labute approximate surface area is 181 Å². The SMILES string of the molecule is CCCCCCCC[C@H]1CO[C@H](C2CCC(c3ccc(Cl)c(F)c3)CC2)O[C@@H]1C. The summed E-state index contributed by atoms with van der Waals surface area (Å²) >= 11 is 5.82. The molecule has 164 valence electrons. The van der Waals surface area contributed by atoms with Gasteiger partial charge in [0.1, 0.15) is 5.82 Å². The van der Waals surface area contributed by atoms with Crippen LogP contribution >= 0.6 is 11.6 Å². The second-order valence-electron chi connectivity index (χ2n) is 9.14. The summed E-state index contributed by atoms with van der Waals surface area (Å²) in [5, 5.41) is 0.205. The first-order chi connectivity index (χ1) is 14.1. The molecule has 1 saturated heterocycles. The van der Waals surface area contributed by atoms with E-state index < -0.39 is 0 Å². The van der Waals surface area contributed by atoms with E-state index in [1.165, 1.54) is 44.9 Å². The van der Waals surface area contributed by atoms with E-state index in [4.69, 9.17) is 21.1 Å². The van der Waals surface area contributed by atoms with Gasteiger partial charge in [0.15, 0.2) is 6.29 Å². The summed E-state index contributed by atoms with van der Waals surface area (Å²) in [6.07, 6.45) is 13.7. The van der Waals surface area contributed by atoms with Crippen molar-refractivity contribution in [3.05, 3.63) is 34.6 Å². The summed E-state index contributed by atoms with van der Waals surface area (Å²) in [6.45, 7) is 5.32. The van der Waals surface area contributed by atoms with E-state index in [0.29, 0.717) is 17.8 Å². The Morgan fingerprint density at radius 1 is 1.03 bits per heavy atom. The van der Waals surface area contributed by atoms with Crippen molar-refractivity contribution in [2.24, 2.45) is 11.8 Å². The van der Waals surface area contributed by atoms with Gasteiger partial charge in [-0.25, -0.2) is 4.39 Å². The second-order valence-corrected chi connectivity index (χ2v) is 9.55. The number of halogens is 2. The van der Waals surface area contributed by atoms with Gasteiger partial charge in [-0.2, -0.15) is 0 Å². The molecule has 4 heteroatoms. The first kappa shape index (κ1) is 23.0. The van der Waals surface area contributed by atoms with Crippen molar-refractivity contribution in [2.75, 3.05) is 6.61 Å². The van der Waals surface area contributed by atoms with Crippen LogP contribution in [0.4, 0.5) is 4.39 Å². The zero-order chi connectivity index (χ0) is 20.6. The Kier molecular flexibility index (Phi) is 9.27. The fourth-order valence-electron chi connectivity index (χ4n) is 4.96. The average Bonchev–Trinajstić information content (AvgIpc) is 2.73. The standard InChI is InChI=1S/C25H38ClFO2/c1-3-4-5-6-7-8-9-22-17-28-25(29-18(22)2)20-12-10-19(11-13-20)21-14-15-23(26)24(27)16-21/h14-16,18-20,22,25H,3-13,17H2,1-2H3/t18-,19?,20?,22+,25+/m1/s1. The Balaban J connectivity index is 1.38. The van der Waals surface area contributed by atoms with Gasteiger partial charge in [-0.1, -0.05) is 63.1 Å². The minimum Gasteiger partial charge on any atom is -0.352 e. The van der Waals surface area contributed by atoms with Crippen LogP contribution in [0.5, 0.6) is 0 Å². The fourth-order valence-corrected chi connectivity index (χ4v) is 5.08. The number of benzene rings is 1. The van der Waals surface area contributed by atoms with Crippen molar-refractivity contribution >= 4 is 11.6 Å². The van der Waals surface area contributed by atoms with Crippen LogP contribution in [0.15, 0.2) is 18.2 Å². The van der Waals surface area contributed by atoms with Crippen molar-refractivity contribution in [3.8, 4) is 0 Å². The zero-order valence-corrected chi connectivity index (χ0v) is 18.9. The van der Waals surface area contributed by atoms with Crippen LogP contribution in [0.25, 0.3) is 0 Å². The highest BCUT2D eigenvalue weighted by atomic mass is 35.5. The summed E-state index contributed by atoms with van der Waals surface area (Å²) < 4.78 is 26.3. The molecule has 0 aromatic heterocycles. The molecule has 0 bridgehead atoms. The summed E-state index contributed by atoms with van der Waals surface area (Å²) in [5.74, 6) is 1.10. The number of hydrogen-bond acceptors (Lipinski definition) is 2. The smallest absolute Gasteiger partial charge is 0.160 e. The van der Waals surface area contributed by atoms with Gasteiger partial charge in [-0.05, 0) is 62.6 Å². The molecule has 1 saturated carbocycles. The van der Waals surface area contributed by atoms with E-state index in [0.717, 1.165) is 37.9 Å². The van der Waals surface area contributed by atoms with Crippen LogP contribution in [0.2, 0.25) is 5.02 Å². The molecule has 3 atom stereocenters. The molecule has 0 N–H and O–H groups in total. The van der Waals surface area contributed by atoms with Crippen LogP contribution in [0.3, 0.4) is 0 Å². The van der Waals surface area contributed by atoms with E-state index in [1.807, 2.05) is 6.07 Å². The molecule has 0 unspecified atom stereocenters. The molecule has 2 nitrogen and oxygen atoms in total. The van der Waals surface area contributed by atoms with Gasteiger partial charge in [0.05, 0.1) is 17.7 Å². The topological polar surface area (TPSA) is 18.5 Å². The molecule has 1 aliphatic carbocycles. The van der Waals surface area contributed by atoms with Gasteiger partial charge < -0.3 is 9.47 Å². The molecule has 3 rings (SSSR count). The highest BCUT2D eigenvalue weighted by molar-refractivity contribution is 6.30. The van der Waals surface area contributed by atoms with Crippen LogP contribution < -0.4 is 0 Å². The maximum Gasteiger partial charge on any atom is 0.160 e. The predicted octanol–water partition coefficient (Wildman–Crippen LogP) is 7.88. The number of unbranched alkanes of at least 4 members (excludes halogenated alkanes) is 5. The summed E-state index contributed by atoms with van der Waals surface area (Å²) in [5.41, 5.74) is 1.07. The van der Waals surface area contributed by atoms with Crippen LogP contribution in [-0.2, 0) is 9.47 Å². The fraction of sp³-hybridized carbons (Fsp3) is 0.760. The third-order valence-corrected chi connectivity index (χ3v) is 7.29. The van der Waals surface area contributed by atoms with Crippen molar-refractivity contribution < 1.29 is 13.9 Å². The van der Waals surface area contributed by atoms with Gasteiger partial charge in [-0.3, -0.25) is 0 Å². The molecule has 0 radical (unpaired) electrons. The van der Waals surface area contributed by atoms with Crippen LogP contribution in [0, 0.1) is 17.7 Å². The van der Waals surface area contributed by atoms with Crippen molar-refractivity contribution in [2.45, 2.75) is 103 Å². The molecule has 1 aliphatic heterocycles. The lowest BCUT2D eigenvalue weighted by Gasteiger charge is -2.40. The third kappa shape index (κ3) is 6.67. The monoisotopic (exact) mass is 424 g/mol. The Morgan fingerprint density at radius 2 is 1.76 bits per heavy atom. The lowest BCUT2D eigenvalue weighted by Crippen LogP contribution is -2.42. The first-order valence-electron chi connectivity index (χ1n) is 11.8. The Morgan fingerprint density at radius 3 is 2.45 bits per heavy atom. The predicted molar refractivity (Wildman–Crippen MR) is 118 cm³/mol. The lowest BCUT2D eigenvalue weighted by molar-refractivity contribution is -0.257. The zero-order valence-electron chi connectivity index (χ0n) is 18.2. The van der Waals surface area contributed by atoms with Gasteiger partial charge in [0, 0.05) is 11.8 Å². The Hall–Kier alpha value is -0.640. The largest absolute Gasteiger partial charge is 0.352 e. The maximum absolute atomic E-state index is 13.8. The summed E-state index contributed by atoms with van der Waals surface area (Å²) in [7, 11) is 0. The highest BCUT2D eigenvalue weighted by Gasteiger charge is 2.35. The minimum atomic E-state index is -0.310. The van der Waals surface area contributed by atoms with Gasteiger partial charge in [-0.15, -0.1) is 0 Å². The molecular formula is C25H38ClFO2. The summed E-state index contributed by atoms with van der Waals surface area (Å²) in [4.78, 5) is 0. The van der Waals surface area contributed by atoms with Crippen LogP contribution in [0.1, 0.15) is 96.0 Å². The average molecular weight is 425 g/mol.